The summed E-state index contributed by atoms with van der Waals surface area (Å²) in [6, 6.07) is 18.7. The maximum absolute atomic E-state index is 14.7. The van der Waals surface area contributed by atoms with Gasteiger partial charge in [-0.1, -0.05) is 18.2 Å². The van der Waals surface area contributed by atoms with Crippen molar-refractivity contribution in [2.45, 2.75) is 32.5 Å². The van der Waals surface area contributed by atoms with E-state index in [-0.39, 0.29) is 17.9 Å². The fourth-order valence-corrected chi connectivity index (χ4v) is 5.00. The van der Waals surface area contributed by atoms with Crippen LogP contribution in [-0.2, 0) is 6.54 Å². The van der Waals surface area contributed by atoms with Crippen LogP contribution in [0.3, 0.4) is 0 Å². The van der Waals surface area contributed by atoms with Crippen molar-refractivity contribution in [1.29, 1.82) is 0 Å². The number of hydrogen-bond acceptors (Lipinski definition) is 3. The second-order valence-corrected chi connectivity index (χ2v) is 8.61. The number of nitrogens with zero attached hydrogens (tertiary/aromatic N) is 4. The van der Waals surface area contributed by atoms with Gasteiger partial charge in [0.25, 0.3) is 0 Å². The van der Waals surface area contributed by atoms with E-state index in [2.05, 4.69) is 26.3 Å². The van der Waals surface area contributed by atoms with Crippen LogP contribution in [0.1, 0.15) is 40.3 Å². The Kier molecular flexibility index (Phi) is 5.64. The number of para-hydroxylation sites is 1. The van der Waals surface area contributed by atoms with Crippen LogP contribution in [0.2, 0.25) is 0 Å². The Morgan fingerprint density at radius 2 is 1.76 bits per heavy atom. The molecule has 4 aromatic rings. The SMILES string of the molecule is Cc1cc([C@@H]2[C@H](c3ccccn3)NC(=S)N2Cc2ccncc2)c(C)n1-c1ccccc1F. The summed E-state index contributed by atoms with van der Waals surface area (Å²) in [7, 11) is 0. The molecule has 0 aliphatic carbocycles. The lowest BCUT2D eigenvalue weighted by molar-refractivity contribution is 0.310. The summed E-state index contributed by atoms with van der Waals surface area (Å²) >= 11 is 5.80. The first-order valence-corrected chi connectivity index (χ1v) is 11.3. The third-order valence-corrected chi connectivity index (χ3v) is 6.53. The Hall–Kier alpha value is -3.58. The monoisotopic (exact) mass is 457 g/mol. The largest absolute Gasteiger partial charge is 0.352 e. The van der Waals surface area contributed by atoms with E-state index in [0.29, 0.717) is 17.3 Å². The molecule has 1 saturated heterocycles. The summed E-state index contributed by atoms with van der Waals surface area (Å²) < 4.78 is 16.7. The van der Waals surface area contributed by atoms with E-state index >= 15 is 0 Å². The minimum Gasteiger partial charge on any atom is -0.352 e. The van der Waals surface area contributed by atoms with Crippen molar-refractivity contribution in [3.8, 4) is 5.69 Å². The topological polar surface area (TPSA) is 46.0 Å². The Balaban J connectivity index is 1.63. The van der Waals surface area contributed by atoms with Crippen molar-refractivity contribution >= 4 is 17.3 Å². The number of aromatic nitrogens is 3. The molecule has 1 aliphatic heterocycles. The fourth-order valence-electron chi connectivity index (χ4n) is 4.69. The van der Waals surface area contributed by atoms with Crippen LogP contribution in [0, 0.1) is 19.7 Å². The second kappa shape index (κ2) is 8.75. The average molecular weight is 458 g/mol. The van der Waals surface area contributed by atoms with Gasteiger partial charge in [-0.05, 0) is 79.7 Å². The molecule has 166 valence electrons. The molecule has 1 N–H and O–H groups in total. The van der Waals surface area contributed by atoms with Gasteiger partial charge < -0.3 is 14.8 Å². The van der Waals surface area contributed by atoms with Crippen LogP contribution in [0.15, 0.2) is 79.3 Å². The van der Waals surface area contributed by atoms with Crippen molar-refractivity contribution < 1.29 is 4.39 Å². The predicted molar refractivity (Wildman–Crippen MR) is 130 cm³/mol. The molecule has 4 heterocycles. The standard InChI is InChI=1S/C26H24FN5S/c1-17-15-20(18(2)32(17)23-9-4-3-7-21(23)27)25-24(22-8-5-6-12-29-22)30-26(33)31(25)16-19-10-13-28-14-11-19/h3-15,24-25H,16H2,1-2H3,(H,30,33)/t24-,25+/m0/s1. The zero-order valence-electron chi connectivity index (χ0n) is 18.4. The highest BCUT2D eigenvalue weighted by Gasteiger charge is 2.41. The smallest absolute Gasteiger partial charge is 0.170 e. The van der Waals surface area contributed by atoms with Gasteiger partial charge in [0.1, 0.15) is 5.82 Å². The van der Waals surface area contributed by atoms with E-state index in [1.54, 1.807) is 24.7 Å². The van der Waals surface area contributed by atoms with Crippen molar-refractivity contribution in [2.75, 3.05) is 0 Å². The third-order valence-electron chi connectivity index (χ3n) is 6.18. The molecule has 0 spiro atoms. The van der Waals surface area contributed by atoms with Gasteiger partial charge in [0, 0.05) is 36.5 Å². The summed E-state index contributed by atoms with van der Waals surface area (Å²) in [5.41, 5.74) is 5.61. The molecule has 0 amide bonds. The van der Waals surface area contributed by atoms with E-state index in [9.17, 15) is 4.39 Å². The van der Waals surface area contributed by atoms with Crippen LogP contribution in [0.5, 0.6) is 0 Å². The summed E-state index contributed by atoms with van der Waals surface area (Å²) in [4.78, 5) is 10.9. The number of nitrogens with one attached hydrogen (secondary N) is 1. The summed E-state index contributed by atoms with van der Waals surface area (Å²) in [6.45, 7) is 4.68. The normalized spacial score (nSPS) is 17.9. The number of rotatable bonds is 5. The van der Waals surface area contributed by atoms with Crippen LogP contribution >= 0.6 is 12.2 Å². The fraction of sp³-hybridized carbons (Fsp3) is 0.192. The molecule has 7 heteroatoms. The van der Waals surface area contributed by atoms with Crippen molar-refractivity contribution in [3.05, 3.63) is 113 Å². The maximum Gasteiger partial charge on any atom is 0.170 e. The number of benzene rings is 1. The third kappa shape index (κ3) is 3.89. The van der Waals surface area contributed by atoms with Gasteiger partial charge in [-0.3, -0.25) is 9.97 Å². The minimum absolute atomic E-state index is 0.104. The molecular weight excluding hydrogens is 433 g/mol. The van der Waals surface area contributed by atoms with Gasteiger partial charge in [0.15, 0.2) is 5.11 Å². The van der Waals surface area contributed by atoms with Gasteiger partial charge in [0.2, 0.25) is 0 Å². The first-order valence-electron chi connectivity index (χ1n) is 10.9. The molecule has 1 fully saturated rings. The summed E-state index contributed by atoms with van der Waals surface area (Å²) in [5, 5.41) is 4.16. The maximum atomic E-state index is 14.7. The van der Waals surface area contributed by atoms with E-state index in [4.69, 9.17) is 12.2 Å². The van der Waals surface area contributed by atoms with Crippen molar-refractivity contribution in [3.63, 3.8) is 0 Å². The summed E-state index contributed by atoms with van der Waals surface area (Å²) in [6.07, 6.45) is 5.37. The molecule has 1 aromatic carbocycles. The quantitative estimate of drug-likeness (QED) is 0.418. The molecule has 0 unspecified atom stereocenters. The summed E-state index contributed by atoms with van der Waals surface area (Å²) in [5.74, 6) is -0.249. The zero-order valence-corrected chi connectivity index (χ0v) is 19.3. The number of thiocarbonyl (C=S) groups is 1. The van der Waals surface area contributed by atoms with Crippen LogP contribution in [0.25, 0.3) is 5.69 Å². The number of hydrogen-bond donors (Lipinski definition) is 1. The molecule has 0 radical (unpaired) electrons. The Bertz CT molecular complexity index is 1290. The Morgan fingerprint density at radius 3 is 2.48 bits per heavy atom. The molecule has 5 rings (SSSR count). The lowest BCUT2D eigenvalue weighted by atomic mass is 9.96. The predicted octanol–water partition coefficient (Wildman–Crippen LogP) is 5.20. The van der Waals surface area contributed by atoms with E-state index in [1.807, 2.05) is 60.9 Å². The highest BCUT2D eigenvalue weighted by atomic mass is 32.1. The van der Waals surface area contributed by atoms with E-state index in [1.165, 1.54) is 6.07 Å². The van der Waals surface area contributed by atoms with Gasteiger partial charge in [0.05, 0.1) is 23.5 Å². The van der Waals surface area contributed by atoms with Crippen molar-refractivity contribution in [2.24, 2.45) is 0 Å². The molecule has 0 bridgehead atoms. The van der Waals surface area contributed by atoms with Crippen LogP contribution < -0.4 is 5.32 Å². The molecule has 33 heavy (non-hydrogen) atoms. The van der Waals surface area contributed by atoms with E-state index in [0.717, 1.165) is 28.2 Å². The molecule has 3 aromatic heterocycles. The Morgan fingerprint density at radius 1 is 1.00 bits per heavy atom. The lowest BCUT2D eigenvalue weighted by Crippen LogP contribution is -2.29. The molecule has 0 saturated carbocycles. The lowest BCUT2D eigenvalue weighted by Gasteiger charge is -2.28. The zero-order chi connectivity index (χ0) is 22.9. The van der Waals surface area contributed by atoms with E-state index < -0.39 is 0 Å². The van der Waals surface area contributed by atoms with Crippen LogP contribution in [0.4, 0.5) is 4.39 Å². The highest BCUT2D eigenvalue weighted by Crippen LogP contribution is 2.42. The molecule has 2 atom stereocenters. The van der Waals surface area contributed by atoms with Gasteiger partial charge in [-0.15, -0.1) is 0 Å². The average Bonchev–Trinajstić information content (AvgIpc) is 3.30. The molecule has 5 nitrogen and oxygen atoms in total. The highest BCUT2D eigenvalue weighted by molar-refractivity contribution is 7.80. The first-order chi connectivity index (χ1) is 16.0. The van der Waals surface area contributed by atoms with Crippen molar-refractivity contribution in [1.82, 2.24) is 24.8 Å². The molecular formula is C26H24FN5S. The van der Waals surface area contributed by atoms with Gasteiger partial charge in [-0.25, -0.2) is 4.39 Å². The van der Waals surface area contributed by atoms with Gasteiger partial charge in [-0.2, -0.15) is 0 Å². The Labute approximate surface area is 197 Å². The molecule has 1 aliphatic rings. The number of pyridine rings is 2. The second-order valence-electron chi connectivity index (χ2n) is 8.22. The first kappa shape index (κ1) is 21.3. The minimum atomic E-state index is -0.249. The van der Waals surface area contributed by atoms with Gasteiger partial charge >= 0.3 is 0 Å². The number of aryl methyl sites for hydroxylation is 1. The number of halogens is 1. The van der Waals surface area contributed by atoms with Crippen LogP contribution in [-0.4, -0.2) is 24.5 Å².